The summed E-state index contributed by atoms with van der Waals surface area (Å²) in [5, 5.41) is 6.11. The second-order valence-corrected chi connectivity index (χ2v) is 8.55. The molecule has 0 spiro atoms. The number of benzene rings is 2. The summed E-state index contributed by atoms with van der Waals surface area (Å²) in [4.78, 5) is 13.1. The van der Waals surface area contributed by atoms with Gasteiger partial charge in [-0.05, 0) is 61.9 Å². The van der Waals surface area contributed by atoms with E-state index in [1.807, 2.05) is 0 Å². The van der Waals surface area contributed by atoms with Crippen LogP contribution in [-0.4, -0.2) is 18.0 Å². The first kappa shape index (κ1) is 22.6. The molecule has 172 valence electrons. The molecule has 2 aromatic carbocycles. The Balaban J connectivity index is 1.74. The molecule has 1 aliphatic carbocycles. The van der Waals surface area contributed by atoms with Crippen LogP contribution in [0.1, 0.15) is 58.8 Å². The normalized spacial score (nSPS) is 24.2. The number of fused-ring (bicyclic) bond motifs is 3. The summed E-state index contributed by atoms with van der Waals surface area (Å²) in [5.74, 6) is -0.662. The van der Waals surface area contributed by atoms with E-state index >= 15 is 0 Å². The van der Waals surface area contributed by atoms with Crippen LogP contribution in [0.15, 0.2) is 48.5 Å². The molecule has 3 nitrogen and oxygen atoms in total. The van der Waals surface area contributed by atoms with Crippen molar-refractivity contribution < 1.29 is 31.1 Å². The first-order valence-electron chi connectivity index (χ1n) is 10.4. The van der Waals surface area contributed by atoms with Crippen molar-refractivity contribution >= 4 is 5.91 Å². The summed E-state index contributed by atoms with van der Waals surface area (Å²) in [6.07, 6.45) is -6.58. The second kappa shape index (κ2) is 8.10. The number of hydrogen-bond donors (Lipinski definition) is 2. The molecular formula is C23H22F6N2O. The fourth-order valence-electron chi connectivity index (χ4n) is 4.86. The van der Waals surface area contributed by atoms with Crippen LogP contribution >= 0.6 is 0 Å². The van der Waals surface area contributed by atoms with E-state index in [1.165, 1.54) is 0 Å². The molecule has 1 saturated carbocycles. The zero-order valence-corrected chi connectivity index (χ0v) is 17.0. The van der Waals surface area contributed by atoms with Crippen molar-refractivity contribution in [2.75, 3.05) is 6.54 Å². The van der Waals surface area contributed by atoms with E-state index in [-0.39, 0.29) is 6.07 Å². The van der Waals surface area contributed by atoms with Crippen molar-refractivity contribution in [3.63, 3.8) is 0 Å². The molecule has 0 aromatic heterocycles. The van der Waals surface area contributed by atoms with E-state index in [4.69, 9.17) is 0 Å². The van der Waals surface area contributed by atoms with Crippen molar-refractivity contribution in [3.8, 4) is 0 Å². The lowest BCUT2D eigenvalue weighted by atomic mass is 9.67. The smallest absolute Gasteiger partial charge is 0.343 e. The van der Waals surface area contributed by atoms with Crippen molar-refractivity contribution in [2.45, 2.75) is 49.6 Å². The molecular weight excluding hydrogens is 434 g/mol. The molecule has 2 heterocycles. The molecule has 3 aliphatic rings. The van der Waals surface area contributed by atoms with Gasteiger partial charge in [0, 0.05) is 5.54 Å². The number of carbonyl (C=O) groups is 1. The van der Waals surface area contributed by atoms with Gasteiger partial charge in [-0.25, -0.2) is 0 Å². The van der Waals surface area contributed by atoms with E-state index in [1.54, 1.807) is 30.3 Å². The minimum Gasteiger partial charge on any atom is -0.343 e. The van der Waals surface area contributed by atoms with Crippen molar-refractivity contribution in [1.29, 1.82) is 0 Å². The van der Waals surface area contributed by atoms with Crippen LogP contribution in [0.4, 0.5) is 26.3 Å². The highest BCUT2D eigenvalue weighted by molar-refractivity contribution is 5.96. The van der Waals surface area contributed by atoms with Crippen molar-refractivity contribution in [1.82, 2.24) is 10.6 Å². The largest absolute Gasteiger partial charge is 0.417 e. The van der Waals surface area contributed by atoms with Crippen LogP contribution in [0.5, 0.6) is 0 Å². The second-order valence-electron chi connectivity index (χ2n) is 8.55. The van der Waals surface area contributed by atoms with Crippen molar-refractivity contribution in [2.24, 2.45) is 5.92 Å². The highest BCUT2D eigenvalue weighted by Gasteiger charge is 2.47. The number of nitrogens with one attached hydrogen (secondary N) is 2. The van der Waals surface area contributed by atoms with E-state index in [2.05, 4.69) is 10.6 Å². The van der Waals surface area contributed by atoms with Gasteiger partial charge in [-0.1, -0.05) is 30.3 Å². The maximum Gasteiger partial charge on any atom is 0.417 e. The number of amides is 1. The predicted octanol–water partition coefficient (Wildman–Crippen LogP) is 5.73. The lowest BCUT2D eigenvalue weighted by Gasteiger charge is -2.52. The SMILES string of the molecule is O=C(NC(c1ccccc1)C12CCC(CC1)CN2)c1cc(C(F)(F)F)ccc1C(F)(F)F. The average molecular weight is 456 g/mol. The summed E-state index contributed by atoms with van der Waals surface area (Å²) < 4.78 is 80.1. The molecule has 9 heteroatoms. The predicted molar refractivity (Wildman–Crippen MR) is 106 cm³/mol. The number of piperidine rings is 2. The number of halogens is 6. The summed E-state index contributed by atoms with van der Waals surface area (Å²) in [6.45, 7) is 0.733. The standard InChI is InChI=1S/C23H22F6N2O/c24-22(25,26)16-6-7-18(23(27,28)29)17(12-16)20(32)31-19(15-4-2-1-3-5-15)21-10-8-14(9-11-21)13-30-21/h1-7,12,14,19,30H,8-11,13H2,(H,31,32). The topological polar surface area (TPSA) is 41.1 Å². The van der Waals surface area contributed by atoms with Crippen LogP contribution in [0, 0.1) is 5.92 Å². The quantitative estimate of drug-likeness (QED) is 0.578. The number of rotatable bonds is 4. The highest BCUT2D eigenvalue weighted by atomic mass is 19.4. The van der Waals surface area contributed by atoms with Gasteiger partial charge in [0.1, 0.15) is 0 Å². The van der Waals surface area contributed by atoms with E-state index in [0.29, 0.717) is 36.5 Å². The van der Waals surface area contributed by atoms with Gasteiger partial charge in [0.2, 0.25) is 0 Å². The number of hydrogen-bond acceptors (Lipinski definition) is 2. The monoisotopic (exact) mass is 456 g/mol. The van der Waals surface area contributed by atoms with Crippen LogP contribution in [0.2, 0.25) is 0 Å². The molecule has 2 saturated heterocycles. The summed E-state index contributed by atoms with van der Waals surface area (Å²) in [5.41, 5.74) is -3.61. The Morgan fingerprint density at radius 3 is 2.16 bits per heavy atom. The van der Waals surface area contributed by atoms with Crippen LogP contribution < -0.4 is 10.6 Å². The molecule has 2 aromatic rings. The van der Waals surface area contributed by atoms with E-state index < -0.39 is 46.5 Å². The van der Waals surface area contributed by atoms with Gasteiger partial charge < -0.3 is 10.6 Å². The molecule has 0 radical (unpaired) electrons. The first-order valence-corrected chi connectivity index (χ1v) is 10.4. The minimum atomic E-state index is -4.97. The molecule has 5 rings (SSSR count). The lowest BCUT2D eigenvalue weighted by molar-refractivity contribution is -0.141. The zero-order valence-electron chi connectivity index (χ0n) is 17.0. The number of alkyl halides is 6. The summed E-state index contributed by atoms with van der Waals surface area (Å²) in [7, 11) is 0. The summed E-state index contributed by atoms with van der Waals surface area (Å²) >= 11 is 0. The van der Waals surface area contributed by atoms with Gasteiger partial charge in [-0.3, -0.25) is 4.79 Å². The zero-order chi connectivity index (χ0) is 23.1. The Bertz CT molecular complexity index is 964. The fourth-order valence-corrected chi connectivity index (χ4v) is 4.86. The Hall–Kier alpha value is -2.55. The Labute approximate surface area is 181 Å². The average Bonchev–Trinajstić information content (AvgIpc) is 2.77. The number of carbonyl (C=O) groups excluding carboxylic acids is 1. The van der Waals surface area contributed by atoms with Gasteiger partial charge in [-0.15, -0.1) is 0 Å². The van der Waals surface area contributed by atoms with Crippen LogP contribution in [0.3, 0.4) is 0 Å². The van der Waals surface area contributed by atoms with Gasteiger partial charge in [0.15, 0.2) is 0 Å². The minimum absolute atomic E-state index is 0.281. The Morgan fingerprint density at radius 1 is 0.969 bits per heavy atom. The third-order valence-electron chi connectivity index (χ3n) is 6.60. The molecule has 3 fully saturated rings. The lowest BCUT2D eigenvalue weighted by Crippen LogP contribution is -2.62. The van der Waals surface area contributed by atoms with Crippen LogP contribution in [-0.2, 0) is 12.4 Å². The molecule has 1 amide bonds. The van der Waals surface area contributed by atoms with E-state index in [9.17, 15) is 31.1 Å². The fraction of sp³-hybridized carbons (Fsp3) is 0.435. The maximum absolute atomic E-state index is 13.5. The Kier molecular flexibility index (Phi) is 5.73. The van der Waals surface area contributed by atoms with Crippen molar-refractivity contribution in [3.05, 3.63) is 70.8 Å². The van der Waals surface area contributed by atoms with Gasteiger partial charge in [0.05, 0.1) is 22.7 Å². The third-order valence-corrected chi connectivity index (χ3v) is 6.60. The molecule has 2 bridgehead atoms. The van der Waals surface area contributed by atoms with Gasteiger partial charge in [-0.2, -0.15) is 26.3 Å². The molecule has 2 aliphatic heterocycles. The molecule has 1 atom stereocenters. The molecule has 32 heavy (non-hydrogen) atoms. The van der Waals surface area contributed by atoms with Crippen LogP contribution in [0.25, 0.3) is 0 Å². The highest BCUT2D eigenvalue weighted by Crippen LogP contribution is 2.44. The molecule has 2 N–H and O–H groups in total. The Morgan fingerprint density at radius 2 is 1.62 bits per heavy atom. The van der Waals surface area contributed by atoms with Gasteiger partial charge >= 0.3 is 12.4 Å². The molecule has 1 unspecified atom stereocenters. The maximum atomic E-state index is 13.5. The first-order chi connectivity index (χ1) is 15.0. The summed E-state index contributed by atoms with van der Waals surface area (Å²) in [6, 6.07) is 9.07. The van der Waals surface area contributed by atoms with E-state index in [0.717, 1.165) is 19.4 Å². The van der Waals surface area contributed by atoms with Gasteiger partial charge in [0.25, 0.3) is 5.91 Å². The third kappa shape index (κ3) is 4.35.